The second kappa shape index (κ2) is 8.43. The monoisotopic (exact) mass is 418 g/mol. The van der Waals surface area contributed by atoms with E-state index in [0.717, 1.165) is 9.79 Å². The van der Waals surface area contributed by atoms with Crippen LogP contribution in [0.3, 0.4) is 0 Å². The van der Waals surface area contributed by atoms with Crippen LogP contribution in [0.15, 0.2) is 124 Å². The highest BCUT2D eigenvalue weighted by Gasteiger charge is 2.36. The van der Waals surface area contributed by atoms with E-state index in [4.69, 9.17) is 4.18 Å². The highest BCUT2D eigenvalue weighted by atomic mass is 32.3. The quantitative estimate of drug-likeness (QED) is 0.398. The summed E-state index contributed by atoms with van der Waals surface area (Å²) < 4.78 is 20.0. The van der Waals surface area contributed by atoms with Gasteiger partial charge in [-0.3, -0.25) is 0 Å². The van der Waals surface area contributed by atoms with Crippen molar-refractivity contribution in [2.75, 3.05) is 0 Å². The average Bonchev–Trinajstić information content (AvgIpc) is 2.79. The van der Waals surface area contributed by atoms with E-state index < -0.39 is 16.3 Å². The van der Waals surface area contributed by atoms with E-state index >= 15 is 0 Å². The number of phenolic OH excluding ortho intramolecular Hbond substituents is 1. The molecule has 4 aromatic carbocycles. The molecule has 0 heterocycles. The van der Waals surface area contributed by atoms with Gasteiger partial charge in [0, 0.05) is 14.7 Å². The van der Waals surface area contributed by atoms with Gasteiger partial charge in [0.25, 0.3) is 0 Å². The van der Waals surface area contributed by atoms with Crippen molar-refractivity contribution in [2.24, 2.45) is 0 Å². The Morgan fingerprint density at radius 2 is 1.13 bits per heavy atom. The Bertz CT molecular complexity index is 1110. The molecule has 0 amide bonds. The molecule has 0 saturated heterocycles. The molecule has 5 heteroatoms. The lowest BCUT2D eigenvalue weighted by molar-refractivity contribution is 0.0754. The molecule has 3 nitrogen and oxygen atoms in total. The van der Waals surface area contributed by atoms with E-state index in [1.807, 2.05) is 60.7 Å². The molecule has 0 aliphatic rings. The Kier molecular flexibility index (Phi) is 5.55. The normalized spacial score (nSPS) is 11.6. The SMILES string of the molecule is O=C(OS(c1ccccc1)(c1ccccc1)c1ccc(F)cc1)c1ccccc1O. The maximum atomic E-state index is 13.7. The number of para-hydroxylation sites is 1. The molecule has 1 N–H and O–H groups in total. The van der Waals surface area contributed by atoms with Gasteiger partial charge in [0.15, 0.2) is 0 Å². The van der Waals surface area contributed by atoms with Crippen molar-refractivity contribution in [1.29, 1.82) is 0 Å². The molecule has 0 atom stereocenters. The largest absolute Gasteiger partial charge is 0.507 e. The summed E-state index contributed by atoms with van der Waals surface area (Å²) in [5, 5.41) is 10.2. The fourth-order valence-corrected chi connectivity index (χ4v) is 6.23. The lowest BCUT2D eigenvalue weighted by atomic mass is 10.2. The molecule has 0 radical (unpaired) electrons. The third kappa shape index (κ3) is 3.67. The highest BCUT2D eigenvalue weighted by Crippen LogP contribution is 2.69. The third-order valence-corrected chi connectivity index (χ3v) is 7.83. The number of hydrogen-bond acceptors (Lipinski definition) is 3. The van der Waals surface area contributed by atoms with Gasteiger partial charge in [-0.2, -0.15) is 0 Å². The molecule has 0 aliphatic heterocycles. The summed E-state index contributed by atoms with van der Waals surface area (Å²) >= 11 is 0. The van der Waals surface area contributed by atoms with Crippen LogP contribution in [-0.4, -0.2) is 11.1 Å². The fourth-order valence-electron chi connectivity index (χ4n) is 3.21. The standard InChI is InChI=1S/C25H19FO3S/c26-19-15-17-22(18-16-19)30(20-9-3-1-4-10-20,21-11-5-2-6-12-21)29-25(28)23-13-7-8-14-24(23)27/h1-18,27H. The zero-order valence-corrected chi connectivity index (χ0v) is 16.8. The summed E-state index contributed by atoms with van der Waals surface area (Å²) in [7, 11) is -2.54. The van der Waals surface area contributed by atoms with Gasteiger partial charge in [0.05, 0.1) is 0 Å². The number of halogens is 1. The Morgan fingerprint density at radius 3 is 1.67 bits per heavy atom. The average molecular weight is 418 g/mol. The number of carbonyl (C=O) groups excluding carboxylic acids is 1. The first kappa shape index (κ1) is 19.7. The zero-order chi connectivity index (χ0) is 21.0. The van der Waals surface area contributed by atoms with Crippen molar-refractivity contribution in [3.8, 4) is 5.75 Å². The molecular weight excluding hydrogens is 399 g/mol. The van der Waals surface area contributed by atoms with Gasteiger partial charge < -0.3 is 9.29 Å². The lowest BCUT2D eigenvalue weighted by Crippen LogP contribution is -2.14. The Balaban J connectivity index is 1.96. The Hall–Kier alpha value is -3.57. The number of aromatic hydroxyl groups is 1. The zero-order valence-electron chi connectivity index (χ0n) is 15.9. The van der Waals surface area contributed by atoms with E-state index in [1.165, 1.54) is 24.3 Å². The van der Waals surface area contributed by atoms with Gasteiger partial charge in [-0.1, -0.05) is 48.5 Å². The molecule has 0 saturated carbocycles. The number of benzene rings is 4. The minimum absolute atomic E-state index is 0.0725. The van der Waals surface area contributed by atoms with Crippen molar-refractivity contribution in [2.45, 2.75) is 14.7 Å². The number of hydrogen-bond donors (Lipinski definition) is 1. The van der Waals surface area contributed by atoms with Gasteiger partial charge in [-0.25, -0.2) is 9.18 Å². The molecule has 0 bridgehead atoms. The second-order valence-corrected chi connectivity index (χ2v) is 9.22. The van der Waals surface area contributed by atoms with E-state index in [-0.39, 0.29) is 17.1 Å². The third-order valence-electron chi connectivity index (χ3n) is 4.62. The van der Waals surface area contributed by atoms with Crippen LogP contribution >= 0.6 is 10.3 Å². The van der Waals surface area contributed by atoms with Gasteiger partial charge in [-0.15, -0.1) is 0 Å². The van der Waals surface area contributed by atoms with Crippen molar-refractivity contribution in [3.63, 3.8) is 0 Å². The summed E-state index contributed by atoms with van der Waals surface area (Å²) in [4.78, 5) is 15.5. The molecule has 0 fully saturated rings. The van der Waals surface area contributed by atoms with Crippen LogP contribution < -0.4 is 0 Å². The number of carbonyl (C=O) groups is 1. The summed E-state index contributed by atoms with van der Waals surface area (Å²) in [6, 6.07) is 31.1. The molecule has 0 aromatic heterocycles. The van der Waals surface area contributed by atoms with Gasteiger partial charge in [0.1, 0.15) is 17.1 Å². The smallest absolute Gasteiger partial charge is 0.353 e. The van der Waals surface area contributed by atoms with E-state index in [0.29, 0.717) is 4.90 Å². The van der Waals surface area contributed by atoms with Crippen LogP contribution in [0, 0.1) is 5.82 Å². The summed E-state index contributed by atoms with van der Waals surface area (Å²) in [5.74, 6) is -1.18. The molecule has 4 rings (SSSR count). The van der Waals surface area contributed by atoms with E-state index in [9.17, 15) is 14.3 Å². The second-order valence-electron chi connectivity index (χ2n) is 6.52. The fraction of sp³-hybridized carbons (Fsp3) is 0. The maximum absolute atomic E-state index is 13.7. The van der Waals surface area contributed by atoms with Crippen LogP contribution in [-0.2, 0) is 4.18 Å². The first-order valence-corrected chi connectivity index (χ1v) is 10.9. The van der Waals surface area contributed by atoms with Crippen molar-refractivity contribution in [3.05, 3.63) is 121 Å². The first-order valence-electron chi connectivity index (χ1n) is 9.32. The van der Waals surface area contributed by atoms with Gasteiger partial charge in [-0.05, 0) is 71.0 Å². The van der Waals surface area contributed by atoms with Crippen molar-refractivity contribution >= 4 is 16.3 Å². The molecule has 0 aliphatic carbocycles. The van der Waals surface area contributed by atoms with Crippen LogP contribution in [0.4, 0.5) is 4.39 Å². The number of rotatable bonds is 5. The van der Waals surface area contributed by atoms with Crippen molar-refractivity contribution < 1.29 is 18.5 Å². The molecule has 30 heavy (non-hydrogen) atoms. The summed E-state index contributed by atoms with van der Waals surface area (Å²) in [6.45, 7) is 0. The molecule has 0 spiro atoms. The first-order chi connectivity index (χ1) is 14.6. The molecule has 0 unspecified atom stereocenters. The minimum atomic E-state index is -2.54. The van der Waals surface area contributed by atoms with Crippen LogP contribution in [0.25, 0.3) is 0 Å². The Labute approximate surface area is 175 Å². The predicted octanol–water partition coefficient (Wildman–Crippen LogP) is 6.59. The van der Waals surface area contributed by atoms with Crippen molar-refractivity contribution in [1.82, 2.24) is 0 Å². The van der Waals surface area contributed by atoms with E-state index in [2.05, 4.69) is 0 Å². The van der Waals surface area contributed by atoms with Crippen LogP contribution in [0.1, 0.15) is 10.4 Å². The Morgan fingerprint density at radius 1 is 0.667 bits per heavy atom. The van der Waals surface area contributed by atoms with Crippen LogP contribution in [0.5, 0.6) is 5.75 Å². The topological polar surface area (TPSA) is 46.5 Å². The number of phenols is 1. The molecular formula is C25H19FO3S. The minimum Gasteiger partial charge on any atom is -0.507 e. The predicted molar refractivity (Wildman–Crippen MR) is 115 cm³/mol. The van der Waals surface area contributed by atoms with E-state index in [1.54, 1.807) is 24.3 Å². The maximum Gasteiger partial charge on any atom is 0.353 e. The van der Waals surface area contributed by atoms with Gasteiger partial charge in [0.2, 0.25) is 0 Å². The summed E-state index contributed by atoms with van der Waals surface area (Å²) in [6.07, 6.45) is 0. The lowest BCUT2D eigenvalue weighted by Gasteiger charge is -2.39. The van der Waals surface area contributed by atoms with Crippen LogP contribution in [0.2, 0.25) is 0 Å². The highest BCUT2D eigenvalue weighted by molar-refractivity contribution is 8.30. The van der Waals surface area contributed by atoms with Gasteiger partial charge >= 0.3 is 5.97 Å². The molecule has 4 aromatic rings. The summed E-state index contributed by atoms with van der Waals surface area (Å²) in [5.41, 5.74) is 0.0725. The molecule has 150 valence electrons.